The molecule has 1 aliphatic heterocycles. The SMILES string of the molecule is CCCCNC(=N)NC(=O)CCc1ccc(-c2ccc(CN3CCN(c4ccccn4)CC3)cc2)c(OCCCOC)c1.O=C(O)C(F)(F)F. The minimum atomic E-state index is -5.08. The molecule has 0 bridgehead atoms. The molecule has 0 saturated carbocycles. The fourth-order valence-electron chi connectivity index (χ4n) is 5.08. The number of ether oxygens (including phenoxy) is 2. The number of methoxy groups -OCH3 is 1. The summed E-state index contributed by atoms with van der Waals surface area (Å²) in [4.78, 5) is 30.6. The minimum Gasteiger partial charge on any atom is -0.493 e. The number of benzene rings is 2. The van der Waals surface area contributed by atoms with Gasteiger partial charge in [-0.15, -0.1) is 0 Å². The van der Waals surface area contributed by atoms with Crippen LogP contribution < -0.4 is 20.3 Å². The van der Waals surface area contributed by atoms with Crippen LogP contribution in [0.1, 0.15) is 43.7 Å². The van der Waals surface area contributed by atoms with Crippen LogP contribution in [0.3, 0.4) is 0 Å². The van der Waals surface area contributed by atoms with E-state index in [9.17, 15) is 18.0 Å². The zero-order valence-corrected chi connectivity index (χ0v) is 28.6. The van der Waals surface area contributed by atoms with Gasteiger partial charge < -0.3 is 24.8 Å². The van der Waals surface area contributed by atoms with Crippen molar-refractivity contribution < 1.29 is 37.3 Å². The predicted octanol–water partition coefficient (Wildman–Crippen LogP) is 5.49. The first-order valence-corrected chi connectivity index (χ1v) is 16.6. The Morgan fingerprint density at radius 3 is 2.30 bits per heavy atom. The van der Waals surface area contributed by atoms with E-state index in [1.165, 1.54) is 5.56 Å². The molecular formula is C36H47F3N6O5. The van der Waals surface area contributed by atoms with Gasteiger partial charge >= 0.3 is 12.1 Å². The summed E-state index contributed by atoms with van der Waals surface area (Å²) in [5.74, 6) is -1.01. The highest BCUT2D eigenvalue weighted by molar-refractivity contribution is 5.95. The van der Waals surface area contributed by atoms with Gasteiger partial charge in [0.05, 0.1) is 6.61 Å². The first-order valence-electron chi connectivity index (χ1n) is 16.6. The van der Waals surface area contributed by atoms with Crippen molar-refractivity contribution in [1.29, 1.82) is 5.41 Å². The fourth-order valence-corrected chi connectivity index (χ4v) is 5.08. The number of carboxylic acids is 1. The average Bonchev–Trinajstić information content (AvgIpc) is 3.10. The van der Waals surface area contributed by atoms with Crippen LogP contribution in [0.2, 0.25) is 0 Å². The minimum absolute atomic E-state index is 0.0613. The van der Waals surface area contributed by atoms with Gasteiger partial charge in [-0.1, -0.05) is 55.8 Å². The molecule has 272 valence electrons. The zero-order chi connectivity index (χ0) is 36.4. The molecule has 1 aromatic heterocycles. The summed E-state index contributed by atoms with van der Waals surface area (Å²) in [7, 11) is 1.69. The Bertz CT molecular complexity index is 1480. The Morgan fingerprint density at radius 2 is 1.68 bits per heavy atom. The molecule has 0 unspecified atom stereocenters. The van der Waals surface area contributed by atoms with Gasteiger partial charge in [0.25, 0.3) is 0 Å². The Balaban J connectivity index is 0.000000872. The molecule has 1 amide bonds. The number of alkyl halides is 3. The van der Waals surface area contributed by atoms with Crippen LogP contribution in [0.4, 0.5) is 19.0 Å². The lowest BCUT2D eigenvalue weighted by molar-refractivity contribution is -0.192. The third-order valence-corrected chi connectivity index (χ3v) is 7.79. The number of aliphatic carboxylic acids is 1. The maximum absolute atomic E-state index is 12.4. The van der Waals surface area contributed by atoms with E-state index in [1.807, 2.05) is 24.4 Å². The molecule has 1 fully saturated rings. The number of nitrogens with zero attached hydrogens (tertiary/aromatic N) is 3. The van der Waals surface area contributed by atoms with Crippen LogP contribution in [-0.4, -0.2) is 92.1 Å². The summed E-state index contributed by atoms with van der Waals surface area (Å²) < 4.78 is 43.1. The molecule has 0 spiro atoms. The highest BCUT2D eigenvalue weighted by Gasteiger charge is 2.38. The average molecular weight is 701 g/mol. The van der Waals surface area contributed by atoms with E-state index < -0.39 is 12.1 Å². The lowest BCUT2D eigenvalue weighted by atomic mass is 9.99. The number of amides is 1. The molecule has 2 heterocycles. The molecule has 11 nitrogen and oxygen atoms in total. The van der Waals surface area contributed by atoms with Gasteiger partial charge in [0.15, 0.2) is 5.96 Å². The number of pyridine rings is 1. The van der Waals surface area contributed by atoms with Gasteiger partial charge in [-0.2, -0.15) is 13.2 Å². The van der Waals surface area contributed by atoms with E-state index in [2.05, 4.69) is 74.8 Å². The van der Waals surface area contributed by atoms with Crippen molar-refractivity contribution in [1.82, 2.24) is 20.5 Å². The Kier molecular flexibility index (Phi) is 16.5. The molecule has 4 rings (SSSR count). The molecule has 2 aromatic carbocycles. The number of rotatable bonds is 15. The highest BCUT2D eigenvalue weighted by atomic mass is 19.4. The van der Waals surface area contributed by atoms with Crippen LogP contribution in [0.5, 0.6) is 5.75 Å². The van der Waals surface area contributed by atoms with Gasteiger partial charge in [-0.3, -0.25) is 20.4 Å². The monoisotopic (exact) mass is 700 g/mol. The quantitative estimate of drug-likeness (QED) is 0.0921. The second kappa shape index (κ2) is 20.7. The first-order chi connectivity index (χ1) is 24.0. The molecule has 1 saturated heterocycles. The van der Waals surface area contributed by atoms with Gasteiger partial charge in [0.1, 0.15) is 11.6 Å². The van der Waals surface area contributed by atoms with Crippen molar-refractivity contribution in [2.45, 2.75) is 51.7 Å². The Labute approximate surface area is 291 Å². The summed E-state index contributed by atoms with van der Waals surface area (Å²) in [6.07, 6.45) is 0.428. The standard InChI is InChI=1S/C34H46N6O3.C2HF3O2/c1-3-4-17-37-34(35)38-33(41)16-12-27-11-15-30(31(25-27)43-24-7-23-42-2)29-13-9-28(10-14-29)26-39-19-21-40(22-20-39)32-8-5-6-18-36-32;3-2(4,5)1(6)7/h5-6,8-11,13-15,18,25H,3-4,7,12,16-17,19-24,26H2,1-2H3,(H3,35,37,38,41);(H,6,7). The molecule has 0 radical (unpaired) electrons. The number of piperazine rings is 1. The number of carbonyl (C=O) groups excluding carboxylic acids is 1. The van der Waals surface area contributed by atoms with Crippen LogP contribution in [0, 0.1) is 5.41 Å². The van der Waals surface area contributed by atoms with Crippen molar-refractivity contribution in [2.75, 3.05) is 57.9 Å². The van der Waals surface area contributed by atoms with Gasteiger partial charge in [0, 0.05) is 77.6 Å². The first kappa shape index (κ1) is 39.7. The number of carbonyl (C=O) groups is 2. The zero-order valence-electron chi connectivity index (χ0n) is 28.6. The lowest BCUT2D eigenvalue weighted by Crippen LogP contribution is -2.46. The molecule has 50 heavy (non-hydrogen) atoms. The van der Waals surface area contributed by atoms with Crippen molar-refractivity contribution in [2.24, 2.45) is 0 Å². The normalized spacial score (nSPS) is 13.2. The van der Waals surface area contributed by atoms with Crippen molar-refractivity contribution >= 4 is 23.7 Å². The molecule has 3 aromatic rings. The van der Waals surface area contributed by atoms with E-state index in [4.69, 9.17) is 24.8 Å². The third-order valence-electron chi connectivity index (χ3n) is 7.79. The van der Waals surface area contributed by atoms with Crippen molar-refractivity contribution in [3.05, 3.63) is 78.0 Å². The van der Waals surface area contributed by atoms with Crippen LogP contribution in [0.25, 0.3) is 11.1 Å². The van der Waals surface area contributed by atoms with Crippen molar-refractivity contribution in [3.8, 4) is 16.9 Å². The van der Waals surface area contributed by atoms with E-state index in [0.29, 0.717) is 32.6 Å². The van der Waals surface area contributed by atoms with E-state index in [-0.39, 0.29) is 11.9 Å². The van der Waals surface area contributed by atoms with Crippen LogP contribution >= 0.6 is 0 Å². The predicted molar refractivity (Wildman–Crippen MR) is 186 cm³/mol. The largest absolute Gasteiger partial charge is 0.493 e. The second-order valence-corrected chi connectivity index (χ2v) is 11.7. The molecular weight excluding hydrogens is 653 g/mol. The Hall–Kier alpha value is -4.69. The smallest absolute Gasteiger partial charge is 0.490 e. The number of nitrogens with one attached hydrogen (secondary N) is 3. The summed E-state index contributed by atoms with van der Waals surface area (Å²) >= 11 is 0. The third kappa shape index (κ3) is 14.0. The van der Waals surface area contributed by atoms with E-state index in [0.717, 1.165) is 80.2 Å². The van der Waals surface area contributed by atoms with Gasteiger partial charge in [-0.25, -0.2) is 9.78 Å². The number of hydrogen-bond acceptors (Lipinski definition) is 8. The van der Waals surface area contributed by atoms with Crippen LogP contribution in [0.15, 0.2) is 66.9 Å². The number of carboxylic acid groups (broad SMARTS) is 1. The van der Waals surface area contributed by atoms with Crippen molar-refractivity contribution in [3.63, 3.8) is 0 Å². The van der Waals surface area contributed by atoms with E-state index in [1.54, 1.807) is 7.11 Å². The number of hydrogen-bond donors (Lipinski definition) is 4. The molecule has 14 heteroatoms. The van der Waals surface area contributed by atoms with Gasteiger partial charge in [-0.05, 0) is 47.7 Å². The lowest BCUT2D eigenvalue weighted by Gasteiger charge is -2.35. The topological polar surface area (TPSA) is 140 Å². The number of guanidine groups is 1. The molecule has 0 aliphatic carbocycles. The number of anilines is 1. The summed E-state index contributed by atoms with van der Waals surface area (Å²) in [6, 6.07) is 21.0. The second-order valence-electron chi connectivity index (χ2n) is 11.7. The molecule has 0 atom stereocenters. The van der Waals surface area contributed by atoms with E-state index >= 15 is 0 Å². The van der Waals surface area contributed by atoms with Crippen LogP contribution in [-0.2, 0) is 27.3 Å². The maximum atomic E-state index is 12.4. The number of aryl methyl sites for hydroxylation is 1. The number of unbranched alkanes of at least 4 members (excludes halogenated alkanes) is 1. The van der Waals surface area contributed by atoms with Gasteiger partial charge in [0.2, 0.25) is 5.91 Å². The maximum Gasteiger partial charge on any atom is 0.490 e. The number of aromatic nitrogens is 1. The fraction of sp³-hybridized carbons (Fsp3) is 0.444. The summed E-state index contributed by atoms with van der Waals surface area (Å²) in [5.41, 5.74) is 4.44. The molecule has 1 aliphatic rings. The summed E-state index contributed by atoms with van der Waals surface area (Å²) in [6.45, 7) is 8.85. The highest BCUT2D eigenvalue weighted by Crippen LogP contribution is 2.32. The Morgan fingerprint density at radius 1 is 0.980 bits per heavy atom. The number of halogens is 3. The summed E-state index contributed by atoms with van der Waals surface area (Å²) in [5, 5.41) is 20.6. The molecule has 4 N–H and O–H groups in total.